The third kappa shape index (κ3) is 4.30. The fourth-order valence-electron chi connectivity index (χ4n) is 1.62. The lowest BCUT2D eigenvalue weighted by Crippen LogP contribution is -2.14. The first-order chi connectivity index (χ1) is 8.20. The first-order valence-corrected chi connectivity index (χ1v) is 6.39. The van der Waals surface area contributed by atoms with E-state index < -0.39 is 0 Å². The summed E-state index contributed by atoms with van der Waals surface area (Å²) >= 11 is 0. The molecule has 0 bridgehead atoms. The van der Waals surface area contributed by atoms with Gasteiger partial charge in [0, 0.05) is 11.6 Å². The summed E-state index contributed by atoms with van der Waals surface area (Å²) < 4.78 is 19.3. The molecule has 3 heteroatoms. The van der Waals surface area contributed by atoms with Gasteiger partial charge in [-0.15, -0.1) is 0 Å². The average Bonchev–Trinajstić information content (AvgIpc) is 2.20. The van der Waals surface area contributed by atoms with Gasteiger partial charge in [0.05, 0.1) is 6.61 Å². The third-order valence-electron chi connectivity index (χ3n) is 2.89. The monoisotopic (exact) mass is 253 g/mol. The molecule has 0 aromatic heterocycles. The van der Waals surface area contributed by atoms with Crippen LogP contribution in [-0.4, -0.2) is 6.61 Å². The van der Waals surface area contributed by atoms with Crippen LogP contribution >= 0.6 is 0 Å². The number of benzene rings is 1. The summed E-state index contributed by atoms with van der Waals surface area (Å²) in [6.07, 6.45) is 0.946. The Labute approximate surface area is 109 Å². The van der Waals surface area contributed by atoms with Crippen molar-refractivity contribution in [1.29, 1.82) is 0 Å². The van der Waals surface area contributed by atoms with Crippen LogP contribution in [0.1, 0.15) is 51.3 Å². The summed E-state index contributed by atoms with van der Waals surface area (Å²) in [5.41, 5.74) is 7.39. The van der Waals surface area contributed by atoms with Gasteiger partial charge < -0.3 is 10.5 Å². The molecule has 1 rings (SSSR count). The van der Waals surface area contributed by atoms with E-state index in [1.54, 1.807) is 13.0 Å². The summed E-state index contributed by atoms with van der Waals surface area (Å²) in [5, 5.41) is 0. The number of rotatable bonds is 4. The first kappa shape index (κ1) is 15.0. The standard InChI is InChI=1S/C15H24FNO/c1-10-8-14(18-7-6-15(3,4)5)12(11(2)17)9-13(10)16/h8-9,11H,6-7,17H2,1-5H3/t11-/m1/s1. The molecule has 2 N–H and O–H groups in total. The molecular weight excluding hydrogens is 229 g/mol. The minimum absolute atomic E-state index is 0.226. The minimum Gasteiger partial charge on any atom is -0.493 e. The molecular formula is C15H24FNO. The molecule has 0 fully saturated rings. The van der Waals surface area contributed by atoms with Gasteiger partial charge >= 0.3 is 0 Å². The number of halogens is 1. The molecule has 0 heterocycles. The lowest BCUT2D eigenvalue weighted by molar-refractivity contribution is 0.240. The molecule has 0 aliphatic rings. The second-order valence-electron chi connectivity index (χ2n) is 6.09. The van der Waals surface area contributed by atoms with E-state index in [1.165, 1.54) is 6.07 Å². The molecule has 0 aliphatic carbocycles. The Morgan fingerprint density at radius 1 is 1.33 bits per heavy atom. The van der Waals surface area contributed by atoms with Crippen LogP contribution in [0.4, 0.5) is 4.39 Å². The number of hydrogen-bond acceptors (Lipinski definition) is 2. The van der Waals surface area contributed by atoms with Gasteiger partial charge in [0.1, 0.15) is 11.6 Å². The molecule has 2 nitrogen and oxygen atoms in total. The maximum atomic E-state index is 13.5. The zero-order valence-corrected chi connectivity index (χ0v) is 12.0. The lowest BCUT2D eigenvalue weighted by atomic mass is 9.93. The number of nitrogens with two attached hydrogens (primary N) is 1. The third-order valence-corrected chi connectivity index (χ3v) is 2.89. The van der Waals surface area contributed by atoms with Gasteiger partial charge in [-0.2, -0.15) is 0 Å². The van der Waals surface area contributed by atoms with E-state index in [0.29, 0.717) is 17.9 Å². The smallest absolute Gasteiger partial charge is 0.126 e. The summed E-state index contributed by atoms with van der Waals surface area (Å²) in [4.78, 5) is 0. The van der Waals surface area contributed by atoms with Crippen molar-refractivity contribution in [3.05, 3.63) is 29.1 Å². The molecule has 0 radical (unpaired) electrons. The molecule has 1 atom stereocenters. The molecule has 1 aromatic rings. The molecule has 0 saturated carbocycles. The maximum Gasteiger partial charge on any atom is 0.126 e. The topological polar surface area (TPSA) is 35.2 Å². The first-order valence-electron chi connectivity index (χ1n) is 6.39. The Hall–Kier alpha value is -1.09. The molecule has 0 spiro atoms. The Balaban J connectivity index is 2.84. The number of ether oxygens (including phenoxy) is 1. The highest BCUT2D eigenvalue weighted by Crippen LogP contribution is 2.28. The quantitative estimate of drug-likeness (QED) is 0.881. The summed E-state index contributed by atoms with van der Waals surface area (Å²) in [6, 6.07) is 2.98. The van der Waals surface area contributed by atoms with E-state index >= 15 is 0 Å². The molecule has 1 aromatic carbocycles. The van der Waals surface area contributed by atoms with Crippen molar-refractivity contribution in [2.24, 2.45) is 11.1 Å². The van der Waals surface area contributed by atoms with E-state index in [2.05, 4.69) is 20.8 Å². The van der Waals surface area contributed by atoms with Gasteiger partial charge in [-0.05, 0) is 43.4 Å². The Morgan fingerprint density at radius 2 is 1.94 bits per heavy atom. The summed E-state index contributed by atoms with van der Waals surface area (Å²) in [6.45, 7) is 10.7. The molecule has 0 amide bonds. The fourth-order valence-corrected chi connectivity index (χ4v) is 1.62. The van der Waals surface area contributed by atoms with Crippen molar-refractivity contribution >= 4 is 0 Å². The van der Waals surface area contributed by atoms with Crippen LogP contribution in [-0.2, 0) is 0 Å². The van der Waals surface area contributed by atoms with Crippen molar-refractivity contribution in [3.8, 4) is 5.75 Å². The van der Waals surface area contributed by atoms with E-state index in [0.717, 1.165) is 12.0 Å². The Kier molecular flexibility index (Phi) is 4.74. The Bertz CT molecular complexity index is 408. The zero-order chi connectivity index (χ0) is 13.9. The van der Waals surface area contributed by atoms with E-state index in [1.807, 2.05) is 6.92 Å². The normalized spacial score (nSPS) is 13.5. The van der Waals surface area contributed by atoms with Crippen LogP contribution in [0.25, 0.3) is 0 Å². The van der Waals surface area contributed by atoms with E-state index in [4.69, 9.17) is 10.5 Å². The lowest BCUT2D eigenvalue weighted by Gasteiger charge is -2.20. The highest BCUT2D eigenvalue weighted by molar-refractivity contribution is 5.39. The molecule has 0 unspecified atom stereocenters. The molecule has 0 saturated heterocycles. The molecule has 18 heavy (non-hydrogen) atoms. The van der Waals surface area contributed by atoms with Crippen molar-refractivity contribution in [3.63, 3.8) is 0 Å². The van der Waals surface area contributed by atoms with Crippen LogP contribution < -0.4 is 10.5 Å². The minimum atomic E-state index is -0.232. The largest absolute Gasteiger partial charge is 0.493 e. The second-order valence-corrected chi connectivity index (χ2v) is 6.09. The molecule has 0 aliphatic heterocycles. The highest BCUT2D eigenvalue weighted by atomic mass is 19.1. The van der Waals surface area contributed by atoms with Crippen molar-refractivity contribution < 1.29 is 9.13 Å². The van der Waals surface area contributed by atoms with Crippen molar-refractivity contribution in [2.75, 3.05) is 6.61 Å². The predicted octanol–water partition coefficient (Wildman–Crippen LogP) is 3.97. The highest BCUT2D eigenvalue weighted by Gasteiger charge is 2.14. The maximum absolute atomic E-state index is 13.5. The van der Waals surface area contributed by atoms with Crippen LogP contribution in [0.2, 0.25) is 0 Å². The van der Waals surface area contributed by atoms with Gasteiger partial charge in [0.15, 0.2) is 0 Å². The zero-order valence-electron chi connectivity index (χ0n) is 12.0. The van der Waals surface area contributed by atoms with Gasteiger partial charge in [0.2, 0.25) is 0 Å². The van der Waals surface area contributed by atoms with Gasteiger partial charge in [-0.1, -0.05) is 20.8 Å². The van der Waals surface area contributed by atoms with Gasteiger partial charge in [-0.25, -0.2) is 4.39 Å². The summed E-state index contributed by atoms with van der Waals surface area (Å²) in [5.74, 6) is 0.471. The number of hydrogen-bond donors (Lipinski definition) is 1. The van der Waals surface area contributed by atoms with E-state index in [-0.39, 0.29) is 17.3 Å². The number of aryl methyl sites for hydroxylation is 1. The van der Waals surface area contributed by atoms with Crippen LogP contribution in [0.15, 0.2) is 12.1 Å². The van der Waals surface area contributed by atoms with Crippen LogP contribution in [0, 0.1) is 18.2 Å². The van der Waals surface area contributed by atoms with Crippen LogP contribution in [0.5, 0.6) is 5.75 Å². The fraction of sp³-hybridized carbons (Fsp3) is 0.600. The van der Waals surface area contributed by atoms with Gasteiger partial charge in [-0.3, -0.25) is 0 Å². The van der Waals surface area contributed by atoms with Crippen molar-refractivity contribution in [1.82, 2.24) is 0 Å². The van der Waals surface area contributed by atoms with Crippen LogP contribution in [0.3, 0.4) is 0 Å². The van der Waals surface area contributed by atoms with Gasteiger partial charge in [0.25, 0.3) is 0 Å². The molecule has 102 valence electrons. The SMILES string of the molecule is Cc1cc(OCCC(C)(C)C)c([C@@H](C)N)cc1F. The van der Waals surface area contributed by atoms with Crippen molar-refractivity contribution in [2.45, 2.75) is 47.1 Å². The van der Waals surface area contributed by atoms with E-state index in [9.17, 15) is 4.39 Å². The second kappa shape index (κ2) is 5.70. The average molecular weight is 253 g/mol. The predicted molar refractivity (Wildman–Crippen MR) is 73.3 cm³/mol. The summed E-state index contributed by atoms with van der Waals surface area (Å²) in [7, 11) is 0. The Morgan fingerprint density at radius 3 is 2.44 bits per heavy atom.